The van der Waals surface area contributed by atoms with Crippen molar-refractivity contribution in [2.24, 2.45) is 34.2 Å². The SMILES string of the molecule is C=C(C)NC(=NC(C)C1=C=C(C(F)(F)F)C=C1N)C1CC(C2CCC(C(=O)N(C)CCO)CC2)=CCC1N. The lowest BCUT2D eigenvalue weighted by Crippen LogP contribution is -2.44. The highest BCUT2D eigenvalue weighted by Gasteiger charge is 2.37. The molecule has 1 saturated carbocycles. The number of amides is 1. The molecule has 0 saturated heterocycles. The highest BCUT2D eigenvalue weighted by atomic mass is 19.4. The standard InChI is InChI=1S/C28H40F3N5O2/c1-16(2)34-26(35-17(3)22-14-21(15-25(22)33)28(29,30)31)23-13-20(9-10-24(23)32)18-5-7-19(8-6-18)27(38)36(4)11-12-37/h9,15,17-19,23-24,37H,1,5-8,10-13,32-33H2,2-4H3,(H,34,35). The predicted octanol–water partition coefficient (Wildman–Crippen LogP) is 3.69. The predicted molar refractivity (Wildman–Crippen MR) is 143 cm³/mol. The molecule has 38 heavy (non-hydrogen) atoms. The average Bonchev–Trinajstić information content (AvgIpc) is 3.26. The Balaban J connectivity index is 1.76. The second-order valence-electron chi connectivity index (χ2n) is 10.7. The quantitative estimate of drug-likeness (QED) is 0.164. The van der Waals surface area contributed by atoms with E-state index in [-0.39, 0.29) is 41.7 Å². The second-order valence-corrected chi connectivity index (χ2v) is 10.7. The van der Waals surface area contributed by atoms with Crippen LogP contribution in [0.5, 0.6) is 0 Å². The molecule has 3 rings (SSSR count). The summed E-state index contributed by atoms with van der Waals surface area (Å²) >= 11 is 0. The largest absolute Gasteiger partial charge is 0.423 e. The van der Waals surface area contributed by atoms with Crippen LogP contribution in [0.4, 0.5) is 13.2 Å². The molecule has 1 amide bonds. The van der Waals surface area contributed by atoms with E-state index in [2.05, 4.69) is 23.7 Å². The van der Waals surface area contributed by atoms with Crippen molar-refractivity contribution < 1.29 is 23.1 Å². The first-order valence-electron chi connectivity index (χ1n) is 13.2. The van der Waals surface area contributed by atoms with Gasteiger partial charge in [0.25, 0.3) is 0 Å². The van der Waals surface area contributed by atoms with Crippen LogP contribution < -0.4 is 16.8 Å². The lowest BCUT2D eigenvalue weighted by atomic mass is 9.72. The number of alkyl halides is 3. The minimum atomic E-state index is -4.53. The second kappa shape index (κ2) is 12.4. The Labute approximate surface area is 222 Å². The molecule has 6 N–H and O–H groups in total. The van der Waals surface area contributed by atoms with Crippen LogP contribution in [-0.4, -0.2) is 60.2 Å². The summed E-state index contributed by atoms with van der Waals surface area (Å²) in [4.78, 5) is 19.0. The molecule has 210 valence electrons. The van der Waals surface area contributed by atoms with Crippen LogP contribution in [0.15, 0.2) is 57.6 Å². The van der Waals surface area contributed by atoms with Crippen molar-refractivity contribution in [2.75, 3.05) is 20.2 Å². The van der Waals surface area contributed by atoms with Gasteiger partial charge in [-0.15, -0.1) is 0 Å². The van der Waals surface area contributed by atoms with Crippen LogP contribution in [-0.2, 0) is 4.79 Å². The van der Waals surface area contributed by atoms with Crippen molar-refractivity contribution in [2.45, 2.75) is 70.6 Å². The summed E-state index contributed by atoms with van der Waals surface area (Å²) in [7, 11) is 1.72. The van der Waals surface area contributed by atoms with Gasteiger partial charge >= 0.3 is 6.18 Å². The molecule has 1 fully saturated rings. The molecule has 3 aliphatic carbocycles. The van der Waals surface area contributed by atoms with E-state index in [1.165, 1.54) is 5.57 Å². The van der Waals surface area contributed by atoms with Crippen LogP contribution in [0.1, 0.15) is 52.4 Å². The molecule has 0 aromatic carbocycles. The number of aliphatic imine (C=N–C) groups is 1. The third kappa shape index (κ3) is 7.18. The molecular formula is C28H40F3N5O2. The van der Waals surface area contributed by atoms with Gasteiger partial charge in [-0.05, 0) is 64.4 Å². The van der Waals surface area contributed by atoms with Crippen LogP contribution in [0.25, 0.3) is 0 Å². The van der Waals surface area contributed by atoms with Gasteiger partial charge in [0, 0.05) is 48.4 Å². The van der Waals surface area contributed by atoms with E-state index in [1.54, 1.807) is 25.8 Å². The number of allylic oxidation sites excluding steroid dienone is 3. The zero-order chi connectivity index (χ0) is 28.2. The Morgan fingerprint density at radius 3 is 2.55 bits per heavy atom. The topological polar surface area (TPSA) is 117 Å². The Bertz CT molecular complexity index is 1080. The number of carbonyl (C=O) groups is 1. The minimum Gasteiger partial charge on any atom is -0.398 e. The summed E-state index contributed by atoms with van der Waals surface area (Å²) in [5, 5.41) is 12.3. The van der Waals surface area contributed by atoms with Crippen LogP contribution in [0, 0.1) is 17.8 Å². The Hall–Kier alpha value is -2.81. The smallest absolute Gasteiger partial charge is 0.398 e. The maximum Gasteiger partial charge on any atom is 0.423 e. The number of nitrogens with zero attached hydrogens (tertiary/aromatic N) is 2. The number of halogens is 3. The van der Waals surface area contributed by atoms with E-state index in [1.807, 2.05) is 0 Å². The summed E-state index contributed by atoms with van der Waals surface area (Å²) in [5.74, 6) is 0.819. The molecule has 3 unspecified atom stereocenters. The van der Waals surface area contributed by atoms with E-state index in [9.17, 15) is 18.0 Å². The number of amidine groups is 1. The van der Waals surface area contributed by atoms with Crippen molar-refractivity contribution in [3.05, 3.63) is 52.6 Å². The molecule has 0 heterocycles. The van der Waals surface area contributed by atoms with Crippen LogP contribution in [0.2, 0.25) is 0 Å². The van der Waals surface area contributed by atoms with Gasteiger partial charge in [0.1, 0.15) is 11.4 Å². The number of aliphatic hydroxyl groups is 1. The first-order chi connectivity index (χ1) is 17.8. The first kappa shape index (κ1) is 29.7. The number of rotatable bonds is 8. The Morgan fingerprint density at radius 2 is 2.00 bits per heavy atom. The van der Waals surface area contributed by atoms with Gasteiger partial charge in [-0.1, -0.05) is 24.0 Å². The minimum absolute atomic E-state index is 0.00715. The van der Waals surface area contributed by atoms with E-state index < -0.39 is 17.8 Å². The molecule has 0 spiro atoms. The highest BCUT2D eigenvalue weighted by molar-refractivity contribution is 5.87. The van der Waals surface area contributed by atoms with E-state index in [0.717, 1.165) is 31.8 Å². The zero-order valence-corrected chi connectivity index (χ0v) is 22.4. The molecule has 3 aliphatic rings. The van der Waals surface area contributed by atoms with E-state index in [4.69, 9.17) is 21.6 Å². The van der Waals surface area contributed by atoms with Crippen molar-refractivity contribution in [3.8, 4) is 0 Å². The number of aliphatic hydroxyl groups excluding tert-OH is 1. The fourth-order valence-electron chi connectivity index (χ4n) is 5.55. The molecule has 3 atom stereocenters. The van der Waals surface area contributed by atoms with E-state index in [0.29, 0.717) is 36.8 Å². The third-order valence-electron chi connectivity index (χ3n) is 7.67. The van der Waals surface area contributed by atoms with Crippen molar-refractivity contribution in [3.63, 3.8) is 0 Å². The van der Waals surface area contributed by atoms with Gasteiger partial charge in [-0.2, -0.15) is 13.2 Å². The van der Waals surface area contributed by atoms with Gasteiger partial charge in [0.2, 0.25) is 5.91 Å². The Kier molecular flexibility index (Phi) is 9.68. The molecular weight excluding hydrogens is 495 g/mol. The van der Waals surface area contributed by atoms with Gasteiger partial charge < -0.3 is 26.8 Å². The molecule has 10 heteroatoms. The monoisotopic (exact) mass is 535 g/mol. The number of likely N-dealkylation sites (N-methyl/N-ethyl adjacent to an activating group) is 1. The molecule has 0 radical (unpaired) electrons. The van der Waals surface area contributed by atoms with Crippen molar-refractivity contribution >= 4 is 11.7 Å². The highest BCUT2D eigenvalue weighted by Crippen LogP contribution is 2.39. The number of nitrogens with one attached hydrogen (secondary N) is 1. The summed E-state index contributed by atoms with van der Waals surface area (Å²) in [5.41, 5.74) is 16.1. The average molecular weight is 536 g/mol. The number of nitrogens with two attached hydrogens (primary N) is 2. The maximum atomic E-state index is 13.2. The van der Waals surface area contributed by atoms with Crippen LogP contribution >= 0.6 is 0 Å². The molecule has 0 aliphatic heterocycles. The van der Waals surface area contributed by atoms with Gasteiger partial charge in [0.15, 0.2) is 0 Å². The number of hydrogen-bond donors (Lipinski definition) is 4. The third-order valence-corrected chi connectivity index (χ3v) is 7.67. The molecule has 7 nitrogen and oxygen atoms in total. The fraction of sp³-hybridized carbons (Fsp3) is 0.607. The lowest BCUT2D eigenvalue weighted by Gasteiger charge is -2.37. The van der Waals surface area contributed by atoms with E-state index >= 15 is 0 Å². The zero-order valence-electron chi connectivity index (χ0n) is 22.4. The van der Waals surface area contributed by atoms with Crippen molar-refractivity contribution in [1.82, 2.24) is 10.2 Å². The number of hydrogen-bond acceptors (Lipinski definition) is 5. The Morgan fingerprint density at radius 1 is 1.34 bits per heavy atom. The van der Waals surface area contributed by atoms with Crippen molar-refractivity contribution in [1.29, 1.82) is 0 Å². The van der Waals surface area contributed by atoms with Gasteiger partial charge in [-0.25, -0.2) is 0 Å². The number of carbonyl (C=O) groups excluding carboxylic acids is 1. The van der Waals surface area contributed by atoms with Crippen LogP contribution in [0.3, 0.4) is 0 Å². The molecule has 0 aromatic rings. The lowest BCUT2D eigenvalue weighted by molar-refractivity contribution is -0.135. The molecule has 0 aromatic heterocycles. The summed E-state index contributed by atoms with van der Waals surface area (Å²) in [6.07, 6.45) is 3.28. The van der Waals surface area contributed by atoms with Gasteiger partial charge in [-0.3, -0.25) is 9.79 Å². The first-order valence-corrected chi connectivity index (χ1v) is 13.2. The maximum absolute atomic E-state index is 13.2. The summed E-state index contributed by atoms with van der Waals surface area (Å²) < 4.78 is 39.5. The van der Waals surface area contributed by atoms with Gasteiger partial charge in [0.05, 0.1) is 12.6 Å². The summed E-state index contributed by atoms with van der Waals surface area (Å²) in [6, 6.07) is -0.875. The fourth-order valence-corrected chi connectivity index (χ4v) is 5.55. The summed E-state index contributed by atoms with van der Waals surface area (Å²) in [6.45, 7) is 7.71. The molecule has 0 bridgehead atoms. The normalized spacial score (nSPS) is 27.1.